The number of para-hydroxylation sites is 1. The van der Waals surface area contributed by atoms with Crippen LogP contribution in [-0.2, 0) is 6.54 Å². The standard InChI is InChI=1S/C9H7ClF3N3/c10-5-2-1-3-6-7(5)15-8(14)16(6)4-9(11,12)13/h1-3H,4H2,(H2,14,15). The van der Waals surface area contributed by atoms with E-state index in [1.807, 2.05) is 0 Å². The van der Waals surface area contributed by atoms with Crippen molar-refractivity contribution in [2.45, 2.75) is 12.7 Å². The zero-order valence-corrected chi connectivity index (χ0v) is 8.68. The number of hydrogen-bond acceptors (Lipinski definition) is 2. The largest absolute Gasteiger partial charge is 0.406 e. The Kier molecular flexibility index (Phi) is 2.46. The SMILES string of the molecule is Nc1nc2c(Cl)cccc2n1CC(F)(F)F. The van der Waals surface area contributed by atoms with Crippen LogP contribution in [0.3, 0.4) is 0 Å². The van der Waals surface area contributed by atoms with Crippen molar-refractivity contribution in [1.29, 1.82) is 0 Å². The lowest BCUT2D eigenvalue weighted by Crippen LogP contribution is -2.18. The number of aromatic nitrogens is 2. The second-order valence-corrected chi connectivity index (χ2v) is 3.69. The monoisotopic (exact) mass is 249 g/mol. The Labute approximate surface area is 93.6 Å². The van der Waals surface area contributed by atoms with Gasteiger partial charge in [-0.1, -0.05) is 17.7 Å². The molecule has 2 aromatic rings. The van der Waals surface area contributed by atoms with Crippen LogP contribution in [0.25, 0.3) is 11.0 Å². The van der Waals surface area contributed by atoms with Crippen molar-refractivity contribution in [3.8, 4) is 0 Å². The third-order valence-electron chi connectivity index (χ3n) is 2.10. The average molecular weight is 250 g/mol. The van der Waals surface area contributed by atoms with Crippen LogP contribution in [-0.4, -0.2) is 15.7 Å². The van der Waals surface area contributed by atoms with Gasteiger partial charge in [0.15, 0.2) is 0 Å². The maximum absolute atomic E-state index is 12.3. The molecule has 0 bridgehead atoms. The number of fused-ring (bicyclic) bond motifs is 1. The summed E-state index contributed by atoms with van der Waals surface area (Å²) in [5.74, 6) is -0.194. The van der Waals surface area contributed by atoms with Gasteiger partial charge in [-0.25, -0.2) is 4.98 Å². The van der Waals surface area contributed by atoms with Crippen molar-refractivity contribution in [3.63, 3.8) is 0 Å². The maximum Gasteiger partial charge on any atom is 0.406 e. The van der Waals surface area contributed by atoms with E-state index in [-0.39, 0.29) is 22.0 Å². The van der Waals surface area contributed by atoms with Gasteiger partial charge in [0.25, 0.3) is 0 Å². The van der Waals surface area contributed by atoms with Gasteiger partial charge in [-0.05, 0) is 12.1 Å². The number of anilines is 1. The van der Waals surface area contributed by atoms with E-state index in [1.165, 1.54) is 6.07 Å². The number of nitrogens with two attached hydrogens (primary N) is 1. The topological polar surface area (TPSA) is 43.8 Å². The van der Waals surface area contributed by atoms with Crippen LogP contribution in [0.5, 0.6) is 0 Å². The van der Waals surface area contributed by atoms with Crippen molar-refractivity contribution in [1.82, 2.24) is 9.55 Å². The third kappa shape index (κ3) is 1.92. The summed E-state index contributed by atoms with van der Waals surface area (Å²) in [6.45, 7) is -1.17. The van der Waals surface area contributed by atoms with Crippen molar-refractivity contribution in [2.75, 3.05) is 5.73 Å². The number of halogens is 4. The minimum atomic E-state index is -4.34. The minimum Gasteiger partial charge on any atom is -0.369 e. The van der Waals surface area contributed by atoms with E-state index in [9.17, 15) is 13.2 Å². The molecule has 3 nitrogen and oxygen atoms in total. The van der Waals surface area contributed by atoms with Gasteiger partial charge in [0.1, 0.15) is 12.1 Å². The Hall–Kier alpha value is -1.43. The Balaban J connectivity index is 2.61. The third-order valence-corrected chi connectivity index (χ3v) is 2.40. The van der Waals surface area contributed by atoms with Gasteiger partial charge in [-0.2, -0.15) is 13.2 Å². The Morgan fingerprint density at radius 2 is 2.06 bits per heavy atom. The van der Waals surface area contributed by atoms with E-state index in [1.54, 1.807) is 12.1 Å². The van der Waals surface area contributed by atoms with Crippen molar-refractivity contribution < 1.29 is 13.2 Å². The lowest BCUT2D eigenvalue weighted by molar-refractivity contribution is -0.139. The fourth-order valence-corrected chi connectivity index (χ4v) is 1.69. The van der Waals surface area contributed by atoms with Gasteiger partial charge < -0.3 is 10.3 Å². The van der Waals surface area contributed by atoms with Crippen LogP contribution in [0.4, 0.5) is 19.1 Å². The summed E-state index contributed by atoms with van der Waals surface area (Å²) in [5, 5.41) is 0.283. The maximum atomic E-state index is 12.3. The van der Waals surface area contributed by atoms with E-state index in [0.29, 0.717) is 0 Å². The summed E-state index contributed by atoms with van der Waals surface area (Å²) in [6.07, 6.45) is -4.34. The molecule has 0 saturated heterocycles. The first kappa shape index (κ1) is 11.1. The van der Waals surface area contributed by atoms with Crippen LogP contribution >= 0.6 is 11.6 Å². The number of rotatable bonds is 1. The molecule has 0 amide bonds. The lowest BCUT2D eigenvalue weighted by atomic mass is 10.3. The molecular formula is C9H7ClF3N3. The summed E-state index contributed by atoms with van der Waals surface area (Å²) in [6, 6.07) is 4.60. The van der Waals surface area contributed by atoms with E-state index < -0.39 is 12.7 Å². The van der Waals surface area contributed by atoms with Crippen LogP contribution in [0.15, 0.2) is 18.2 Å². The first-order chi connectivity index (χ1) is 7.38. The molecule has 0 fully saturated rings. The molecule has 1 aromatic heterocycles. The molecule has 0 aliphatic rings. The molecule has 0 spiro atoms. The highest BCUT2D eigenvalue weighted by molar-refractivity contribution is 6.35. The number of hydrogen-bond donors (Lipinski definition) is 1. The van der Waals surface area contributed by atoms with E-state index >= 15 is 0 Å². The molecule has 0 aliphatic carbocycles. The molecule has 0 saturated carbocycles. The molecule has 1 heterocycles. The summed E-state index contributed by atoms with van der Waals surface area (Å²) in [4.78, 5) is 3.81. The smallest absolute Gasteiger partial charge is 0.369 e. The number of nitrogen functional groups attached to an aromatic ring is 1. The zero-order chi connectivity index (χ0) is 11.9. The zero-order valence-electron chi connectivity index (χ0n) is 7.92. The number of nitrogens with zero attached hydrogens (tertiary/aromatic N) is 2. The second-order valence-electron chi connectivity index (χ2n) is 3.28. The molecular weight excluding hydrogens is 243 g/mol. The number of imidazole rings is 1. The molecule has 2 N–H and O–H groups in total. The van der Waals surface area contributed by atoms with Gasteiger partial charge in [0.2, 0.25) is 5.95 Å². The molecule has 0 atom stereocenters. The van der Waals surface area contributed by atoms with Crippen molar-refractivity contribution in [3.05, 3.63) is 23.2 Å². The van der Waals surface area contributed by atoms with Crippen LogP contribution in [0.2, 0.25) is 5.02 Å². The minimum absolute atomic E-state index is 0.194. The predicted octanol–water partition coefficient (Wildman–Crippen LogP) is 2.83. The molecule has 2 rings (SSSR count). The van der Waals surface area contributed by atoms with Crippen molar-refractivity contribution in [2.24, 2.45) is 0 Å². The predicted molar refractivity (Wildman–Crippen MR) is 55.2 cm³/mol. The Bertz CT molecular complexity index is 533. The summed E-state index contributed by atoms with van der Waals surface area (Å²) < 4.78 is 37.8. The summed E-state index contributed by atoms with van der Waals surface area (Å²) >= 11 is 5.80. The molecule has 86 valence electrons. The lowest BCUT2D eigenvalue weighted by Gasteiger charge is -2.09. The molecule has 7 heteroatoms. The normalized spacial score (nSPS) is 12.2. The Morgan fingerprint density at radius 1 is 1.38 bits per heavy atom. The second kappa shape index (κ2) is 3.55. The highest BCUT2D eigenvalue weighted by Crippen LogP contribution is 2.28. The molecule has 0 unspecified atom stereocenters. The first-order valence-electron chi connectivity index (χ1n) is 4.35. The van der Waals surface area contributed by atoms with Gasteiger partial charge in [0.05, 0.1) is 10.5 Å². The fraction of sp³-hybridized carbons (Fsp3) is 0.222. The molecule has 0 aliphatic heterocycles. The summed E-state index contributed by atoms with van der Waals surface area (Å²) in [5.41, 5.74) is 5.99. The van der Waals surface area contributed by atoms with Crippen LogP contribution in [0.1, 0.15) is 0 Å². The Morgan fingerprint density at radius 3 is 2.69 bits per heavy atom. The van der Waals surface area contributed by atoms with Gasteiger partial charge in [-0.3, -0.25) is 0 Å². The average Bonchev–Trinajstić information content (AvgIpc) is 2.44. The quantitative estimate of drug-likeness (QED) is 0.845. The number of benzene rings is 1. The fourth-order valence-electron chi connectivity index (χ4n) is 1.48. The molecule has 0 radical (unpaired) electrons. The summed E-state index contributed by atoms with van der Waals surface area (Å²) in [7, 11) is 0. The van der Waals surface area contributed by atoms with E-state index in [4.69, 9.17) is 17.3 Å². The van der Waals surface area contributed by atoms with Gasteiger partial charge in [-0.15, -0.1) is 0 Å². The molecule has 1 aromatic carbocycles. The highest BCUT2D eigenvalue weighted by atomic mass is 35.5. The van der Waals surface area contributed by atoms with E-state index in [0.717, 1.165) is 4.57 Å². The van der Waals surface area contributed by atoms with Crippen LogP contribution in [0, 0.1) is 0 Å². The van der Waals surface area contributed by atoms with Crippen molar-refractivity contribution >= 4 is 28.6 Å². The van der Waals surface area contributed by atoms with Crippen LogP contribution < -0.4 is 5.73 Å². The van der Waals surface area contributed by atoms with E-state index in [2.05, 4.69) is 4.98 Å². The first-order valence-corrected chi connectivity index (χ1v) is 4.73. The number of alkyl halides is 3. The molecule has 16 heavy (non-hydrogen) atoms. The highest BCUT2D eigenvalue weighted by Gasteiger charge is 2.30. The van der Waals surface area contributed by atoms with Gasteiger partial charge in [0, 0.05) is 0 Å². The van der Waals surface area contributed by atoms with Gasteiger partial charge >= 0.3 is 6.18 Å².